The fraction of sp³-hybridized carbons (Fsp3) is 0.421. The number of halogens is 1. The molecule has 2 aromatic rings. The third-order valence-electron chi connectivity index (χ3n) is 4.47. The highest BCUT2D eigenvalue weighted by molar-refractivity contribution is 6.30. The van der Waals surface area contributed by atoms with Crippen LogP contribution < -0.4 is 4.74 Å². The van der Waals surface area contributed by atoms with E-state index in [0.717, 1.165) is 25.9 Å². The van der Waals surface area contributed by atoms with Crippen LogP contribution in [0.15, 0.2) is 42.7 Å². The number of aromatic nitrogens is 1. The number of benzene rings is 1. The highest BCUT2D eigenvalue weighted by atomic mass is 35.5. The number of nitrogens with zero attached hydrogens (tertiary/aromatic N) is 2. The molecule has 1 aromatic carbocycles. The summed E-state index contributed by atoms with van der Waals surface area (Å²) >= 11 is 5.97. The van der Waals surface area contributed by atoms with Gasteiger partial charge in [0.05, 0.1) is 0 Å². The second kappa shape index (κ2) is 7.51. The summed E-state index contributed by atoms with van der Waals surface area (Å²) in [6.07, 6.45) is 5.41. The fourth-order valence-electron chi connectivity index (χ4n) is 3.15. The Morgan fingerprint density at radius 1 is 1.38 bits per heavy atom. The molecule has 0 bridgehead atoms. The number of hydrogen-bond acceptors (Lipinski definition) is 4. The molecule has 0 radical (unpaired) electrons. The van der Waals surface area contributed by atoms with Crippen LogP contribution in [0.25, 0.3) is 0 Å². The number of hydrogen-bond donors (Lipinski definition) is 1. The van der Waals surface area contributed by atoms with Crippen LogP contribution in [-0.4, -0.2) is 40.3 Å². The highest BCUT2D eigenvalue weighted by Crippen LogP contribution is 2.25. The molecule has 4 nitrogen and oxygen atoms in total. The van der Waals surface area contributed by atoms with E-state index in [1.807, 2.05) is 36.7 Å². The normalized spacial score (nSPS) is 21.6. The summed E-state index contributed by atoms with van der Waals surface area (Å²) in [7, 11) is 0. The van der Waals surface area contributed by atoms with Gasteiger partial charge in [0.25, 0.3) is 0 Å². The van der Waals surface area contributed by atoms with E-state index in [0.29, 0.717) is 17.3 Å². The van der Waals surface area contributed by atoms with Crippen LogP contribution in [0, 0.1) is 6.92 Å². The lowest BCUT2D eigenvalue weighted by molar-refractivity contribution is -0.0621. The summed E-state index contributed by atoms with van der Waals surface area (Å²) < 4.78 is 5.78. The zero-order chi connectivity index (χ0) is 17.0. The van der Waals surface area contributed by atoms with Crippen LogP contribution in [0.4, 0.5) is 0 Å². The lowest BCUT2D eigenvalue weighted by atomic mass is 9.93. The maximum Gasteiger partial charge on any atom is 0.120 e. The van der Waals surface area contributed by atoms with Crippen molar-refractivity contribution in [1.82, 2.24) is 9.88 Å². The predicted molar refractivity (Wildman–Crippen MR) is 95.4 cm³/mol. The van der Waals surface area contributed by atoms with Crippen LogP contribution in [0.2, 0.25) is 5.02 Å². The summed E-state index contributed by atoms with van der Waals surface area (Å²) in [6, 6.07) is 9.33. The lowest BCUT2D eigenvalue weighted by Crippen LogP contribution is -2.51. The Hall–Kier alpha value is -1.62. The molecule has 128 valence electrons. The van der Waals surface area contributed by atoms with Gasteiger partial charge in [-0.1, -0.05) is 17.7 Å². The molecule has 1 aliphatic heterocycles. The quantitative estimate of drug-likeness (QED) is 0.900. The number of likely N-dealkylation sites (tertiary alicyclic amines) is 1. The van der Waals surface area contributed by atoms with Crippen molar-refractivity contribution >= 4 is 11.6 Å². The van der Waals surface area contributed by atoms with Crippen molar-refractivity contribution < 1.29 is 9.84 Å². The Bertz CT molecular complexity index is 695. The van der Waals surface area contributed by atoms with Crippen molar-refractivity contribution in [1.29, 1.82) is 0 Å². The number of aryl methyl sites for hydroxylation is 1. The van der Waals surface area contributed by atoms with Gasteiger partial charge in [-0.25, -0.2) is 0 Å². The molecule has 5 heteroatoms. The molecule has 0 amide bonds. The van der Waals surface area contributed by atoms with E-state index >= 15 is 0 Å². The average Bonchev–Trinajstić information content (AvgIpc) is 2.56. The van der Waals surface area contributed by atoms with Crippen molar-refractivity contribution in [2.45, 2.75) is 31.9 Å². The van der Waals surface area contributed by atoms with Gasteiger partial charge in [0.2, 0.25) is 0 Å². The molecule has 1 aromatic heterocycles. The Morgan fingerprint density at radius 3 is 3.04 bits per heavy atom. The second-order valence-corrected chi connectivity index (χ2v) is 7.02. The minimum absolute atomic E-state index is 0.277. The molecule has 1 aliphatic rings. The Morgan fingerprint density at radius 2 is 2.25 bits per heavy atom. The van der Waals surface area contributed by atoms with Crippen LogP contribution in [0.5, 0.6) is 5.75 Å². The standard InChI is InChI=1S/C19H23ClN2O2/c1-15-11-21-8-6-16(15)12-22-9-3-7-19(23,13-22)14-24-18-5-2-4-17(20)10-18/h2,4-6,8,10-11,23H,3,7,9,12-14H2,1H3. The molecule has 1 atom stereocenters. The molecule has 24 heavy (non-hydrogen) atoms. The molecule has 0 aliphatic carbocycles. The van der Waals surface area contributed by atoms with Gasteiger partial charge < -0.3 is 9.84 Å². The zero-order valence-corrected chi connectivity index (χ0v) is 14.7. The van der Waals surface area contributed by atoms with Gasteiger partial charge in [0.1, 0.15) is 18.0 Å². The summed E-state index contributed by atoms with van der Waals surface area (Å²) in [5.74, 6) is 0.693. The fourth-order valence-corrected chi connectivity index (χ4v) is 3.33. The van der Waals surface area contributed by atoms with Gasteiger partial charge in [0, 0.05) is 30.5 Å². The van der Waals surface area contributed by atoms with Crippen molar-refractivity contribution in [2.75, 3.05) is 19.7 Å². The molecule has 1 fully saturated rings. The minimum Gasteiger partial charge on any atom is -0.490 e. The van der Waals surface area contributed by atoms with E-state index in [1.54, 1.807) is 6.07 Å². The maximum atomic E-state index is 10.9. The van der Waals surface area contributed by atoms with Crippen LogP contribution in [-0.2, 0) is 6.54 Å². The van der Waals surface area contributed by atoms with Crippen molar-refractivity contribution in [3.8, 4) is 5.75 Å². The number of piperidine rings is 1. The van der Waals surface area contributed by atoms with E-state index < -0.39 is 5.60 Å². The first-order valence-electron chi connectivity index (χ1n) is 8.27. The van der Waals surface area contributed by atoms with Gasteiger partial charge in [0.15, 0.2) is 0 Å². The van der Waals surface area contributed by atoms with E-state index in [4.69, 9.17) is 16.3 Å². The van der Waals surface area contributed by atoms with Crippen LogP contribution in [0.1, 0.15) is 24.0 Å². The van der Waals surface area contributed by atoms with Crippen LogP contribution in [0.3, 0.4) is 0 Å². The summed E-state index contributed by atoms with van der Waals surface area (Å²) in [5, 5.41) is 11.5. The van der Waals surface area contributed by atoms with Crippen LogP contribution >= 0.6 is 11.6 Å². The monoisotopic (exact) mass is 346 g/mol. The largest absolute Gasteiger partial charge is 0.490 e. The van der Waals surface area contributed by atoms with Gasteiger partial charge in [-0.2, -0.15) is 0 Å². The molecular formula is C19H23ClN2O2. The maximum absolute atomic E-state index is 10.9. The molecule has 1 unspecified atom stereocenters. The van der Waals surface area contributed by atoms with Gasteiger partial charge >= 0.3 is 0 Å². The molecule has 3 rings (SSSR count). The molecule has 1 saturated heterocycles. The Balaban J connectivity index is 1.60. The smallest absolute Gasteiger partial charge is 0.120 e. The Labute approximate surface area is 148 Å². The number of ether oxygens (including phenoxy) is 1. The first-order valence-corrected chi connectivity index (χ1v) is 8.64. The van der Waals surface area contributed by atoms with E-state index in [9.17, 15) is 5.11 Å². The summed E-state index contributed by atoms with van der Waals surface area (Å²) in [5.41, 5.74) is 1.61. The van der Waals surface area contributed by atoms with Gasteiger partial charge in [-0.05, 0) is 61.7 Å². The molecule has 2 heterocycles. The first kappa shape index (κ1) is 17.2. The van der Waals surface area contributed by atoms with Crippen molar-refractivity contribution in [2.24, 2.45) is 0 Å². The second-order valence-electron chi connectivity index (χ2n) is 6.59. The lowest BCUT2D eigenvalue weighted by Gasteiger charge is -2.39. The summed E-state index contributed by atoms with van der Waals surface area (Å²) in [6.45, 7) is 4.77. The first-order chi connectivity index (χ1) is 11.5. The minimum atomic E-state index is -0.832. The topological polar surface area (TPSA) is 45.6 Å². The Kier molecular flexibility index (Phi) is 5.39. The van der Waals surface area contributed by atoms with E-state index in [1.165, 1.54) is 11.1 Å². The number of aliphatic hydroxyl groups is 1. The van der Waals surface area contributed by atoms with Gasteiger partial charge in [-0.15, -0.1) is 0 Å². The molecule has 0 spiro atoms. The SMILES string of the molecule is Cc1cnccc1CN1CCCC(O)(COc2cccc(Cl)c2)C1. The predicted octanol–water partition coefficient (Wildman–Crippen LogP) is 3.45. The number of β-amino-alcohol motifs (C(OH)–C–C–N with tert-alkyl or cyclic N) is 1. The number of pyridine rings is 1. The molecule has 0 saturated carbocycles. The third-order valence-corrected chi connectivity index (χ3v) is 4.70. The van der Waals surface area contributed by atoms with Crippen molar-refractivity contribution in [3.63, 3.8) is 0 Å². The molecule has 1 N–H and O–H groups in total. The zero-order valence-electron chi connectivity index (χ0n) is 13.9. The average molecular weight is 347 g/mol. The van der Waals surface area contributed by atoms with Gasteiger partial charge in [-0.3, -0.25) is 9.88 Å². The molecular weight excluding hydrogens is 324 g/mol. The van der Waals surface area contributed by atoms with Crippen molar-refractivity contribution in [3.05, 3.63) is 58.9 Å². The van der Waals surface area contributed by atoms with E-state index in [2.05, 4.69) is 16.8 Å². The van der Waals surface area contributed by atoms with E-state index in [-0.39, 0.29) is 6.61 Å². The number of rotatable bonds is 5. The highest BCUT2D eigenvalue weighted by Gasteiger charge is 2.34. The third kappa shape index (κ3) is 4.47. The summed E-state index contributed by atoms with van der Waals surface area (Å²) in [4.78, 5) is 6.42.